The number of hydrogen-bond donors (Lipinski definition) is 1. The number of H-pyrrole nitrogens is 1. The van der Waals surface area contributed by atoms with Gasteiger partial charge in [-0.1, -0.05) is 12.1 Å². The molecule has 2 heterocycles. The molecule has 1 aliphatic heterocycles. The van der Waals surface area contributed by atoms with Crippen molar-refractivity contribution in [1.29, 1.82) is 0 Å². The summed E-state index contributed by atoms with van der Waals surface area (Å²) in [7, 11) is -3.26. The zero-order valence-electron chi connectivity index (χ0n) is 12.3. The van der Waals surface area contributed by atoms with Crippen molar-refractivity contribution in [3.63, 3.8) is 0 Å². The van der Waals surface area contributed by atoms with Crippen molar-refractivity contribution in [2.45, 2.75) is 23.8 Å². The van der Waals surface area contributed by atoms with Crippen molar-refractivity contribution in [3.05, 3.63) is 47.5 Å². The Morgan fingerprint density at radius 3 is 2.77 bits per heavy atom. The van der Waals surface area contributed by atoms with Crippen LogP contribution in [0, 0.1) is 5.82 Å². The van der Waals surface area contributed by atoms with E-state index in [9.17, 15) is 12.8 Å². The summed E-state index contributed by atoms with van der Waals surface area (Å²) in [6.45, 7) is 2.38. The molecule has 1 aliphatic rings. The van der Waals surface area contributed by atoms with Gasteiger partial charge in [-0.2, -0.15) is 5.10 Å². The van der Waals surface area contributed by atoms with Crippen molar-refractivity contribution >= 4 is 9.84 Å². The maximum absolute atomic E-state index is 12.9. The zero-order chi connectivity index (χ0) is 15.7. The van der Waals surface area contributed by atoms with E-state index < -0.39 is 9.84 Å². The molecule has 0 saturated carbocycles. The van der Waals surface area contributed by atoms with Crippen molar-refractivity contribution in [3.8, 4) is 0 Å². The van der Waals surface area contributed by atoms with E-state index in [-0.39, 0.29) is 11.7 Å². The number of nitrogens with zero attached hydrogens (tertiary/aromatic N) is 2. The molecule has 5 nitrogen and oxygen atoms in total. The lowest BCUT2D eigenvalue weighted by Crippen LogP contribution is -2.20. The van der Waals surface area contributed by atoms with Gasteiger partial charge < -0.3 is 0 Å². The summed E-state index contributed by atoms with van der Waals surface area (Å²) in [6, 6.07) is 6.47. The maximum atomic E-state index is 12.9. The van der Waals surface area contributed by atoms with Gasteiger partial charge in [-0.25, -0.2) is 12.8 Å². The lowest BCUT2D eigenvalue weighted by atomic mass is 10.1. The lowest BCUT2D eigenvalue weighted by Gasteiger charge is -2.16. The molecule has 1 N–H and O–H groups in total. The number of sulfone groups is 1. The summed E-state index contributed by atoms with van der Waals surface area (Å²) in [6.07, 6.45) is 3.46. The van der Waals surface area contributed by atoms with Gasteiger partial charge in [0, 0.05) is 25.3 Å². The third-order valence-electron chi connectivity index (χ3n) is 4.03. The topological polar surface area (TPSA) is 66.1 Å². The molecule has 2 aromatic rings. The third-order valence-corrected chi connectivity index (χ3v) is 5.16. The van der Waals surface area contributed by atoms with E-state index in [1.54, 1.807) is 12.1 Å². The van der Waals surface area contributed by atoms with Crippen molar-refractivity contribution in [1.82, 2.24) is 15.1 Å². The number of hydrogen-bond acceptors (Lipinski definition) is 4. The predicted octanol–water partition coefficient (Wildman–Crippen LogP) is 1.94. The van der Waals surface area contributed by atoms with E-state index >= 15 is 0 Å². The van der Waals surface area contributed by atoms with Gasteiger partial charge in [-0.3, -0.25) is 10.00 Å². The van der Waals surface area contributed by atoms with Crippen LogP contribution in [0.25, 0.3) is 0 Å². The van der Waals surface area contributed by atoms with Crippen LogP contribution in [0.15, 0.2) is 35.4 Å². The molecule has 118 valence electrons. The summed E-state index contributed by atoms with van der Waals surface area (Å²) in [5.74, 6) is -0.106. The smallest absolute Gasteiger partial charge is 0.178 e. The second-order valence-electron chi connectivity index (χ2n) is 5.77. The molecule has 0 radical (unpaired) electrons. The van der Waals surface area contributed by atoms with Gasteiger partial charge in [0.15, 0.2) is 9.84 Å². The van der Waals surface area contributed by atoms with Gasteiger partial charge in [0.1, 0.15) is 10.7 Å². The molecule has 1 unspecified atom stereocenters. The lowest BCUT2D eigenvalue weighted by molar-refractivity contribution is 0.326. The Balaban J connectivity index is 1.70. The largest absolute Gasteiger partial charge is 0.298 e. The van der Waals surface area contributed by atoms with E-state index in [0.29, 0.717) is 10.6 Å². The Bertz CT molecular complexity index is 755. The minimum Gasteiger partial charge on any atom is -0.298 e. The van der Waals surface area contributed by atoms with Gasteiger partial charge >= 0.3 is 0 Å². The molecule has 0 bridgehead atoms. The summed E-state index contributed by atoms with van der Waals surface area (Å²) >= 11 is 0. The molecule has 1 atom stereocenters. The number of halogens is 1. The zero-order valence-corrected chi connectivity index (χ0v) is 13.1. The second kappa shape index (κ2) is 5.81. The monoisotopic (exact) mass is 323 g/mol. The number of nitrogens with one attached hydrogen (secondary N) is 1. The number of aromatic nitrogens is 2. The highest BCUT2D eigenvalue weighted by Crippen LogP contribution is 2.30. The quantitative estimate of drug-likeness (QED) is 0.934. The maximum Gasteiger partial charge on any atom is 0.178 e. The standard InChI is InChI=1S/C15H18FN3O2S/c1-22(20,21)14-8-17-18-15(14)12-6-7-19(10-12)9-11-2-4-13(16)5-3-11/h2-5,8,12H,6-7,9-10H2,1H3,(H,17,18). The first-order valence-electron chi connectivity index (χ1n) is 7.13. The molecule has 7 heteroatoms. The molecule has 22 heavy (non-hydrogen) atoms. The Morgan fingerprint density at radius 2 is 2.09 bits per heavy atom. The van der Waals surface area contributed by atoms with Crippen LogP contribution in [0.4, 0.5) is 4.39 Å². The van der Waals surface area contributed by atoms with E-state index in [1.807, 2.05) is 0 Å². The number of aromatic amines is 1. The second-order valence-corrected chi connectivity index (χ2v) is 7.75. The summed E-state index contributed by atoms with van der Waals surface area (Å²) in [5.41, 5.74) is 1.75. The third kappa shape index (κ3) is 3.20. The van der Waals surface area contributed by atoms with Crippen LogP contribution >= 0.6 is 0 Å². The first kappa shape index (κ1) is 15.2. The van der Waals surface area contributed by atoms with E-state index in [1.165, 1.54) is 24.6 Å². The number of benzene rings is 1. The molecule has 3 rings (SSSR count). The van der Waals surface area contributed by atoms with Crippen molar-refractivity contribution in [2.75, 3.05) is 19.3 Å². The first-order valence-corrected chi connectivity index (χ1v) is 9.03. The molecule has 1 saturated heterocycles. The van der Waals surface area contributed by atoms with Gasteiger partial charge in [-0.05, 0) is 30.7 Å². The molecule has 0 aliphatic carbocycles. The minimum absolute atomic E-state index is 0.132. The van der Waals surface area contributed by atoms with Crippen LogP contribution in [-0.2, 0) is 16.4 Å². The fourth-order valence-corrected chi connectivity index (χ4v) is 3.79. The summed E-state index contributed by atoms with van der Waals surface area (Å²) in [5, 5.41) is 6.73. The van der Waals surface area contributed by atoms with Crippen LogP contribution < -0.4 is 0 Å². The molecular weight excluding hydrogens is 305 g/mol. The van der Waals surface area contributed by atoms with Gasteiger partial charge in [0.05, 0.1) is 11.9 Å². The molecule has 1 aromatic heterocycles. The Morgan fingerprint density at radius 1 is 1.36 bits per heavy atom. The Hall–Kier alpha value is -1.73. The molecule has 0 spiro atoms. The van der Waals surface area contributed by atoms with Crippen LogP contribution in [0.1, 0.15) is 23.6 Å². The average molecular weight is 323 g/mol. The van der Waals surface area contributed by atoms with Crippen LogP contribution in [0.2, 0.25) is 0 Å². The highest BCUT2D eigenvalue weighted by molar-refractivity contribution is 7.90. The fraction of sp³-hybridized carbons (Fsp3) is 0.400. The normalized spacial score (nSPS) is 19.6. The molecular formula is C15H18FN3O2S. The Kier molecular flexibility index (Phi) is 4.01. The summed E-state index contributed by atoms with van der Waals surface area (Å²) < 4.78 is 36.5. The average Bonchev–Trinajstić information content (AvgIpc) is 3.09. The Labute approximate surface area is 129 Å². The van der Waals surface area contributed by atoms with Crippen LogP contribution in [0.3, 0.4) is 0 Å². The molecule has 1 aromatic carbocycles. The minimum atomic E-state index is -3.26. The highest BCUT2D eigenvalue weighted by Gasteiger charge is 2.29. The van der Waals surface area contributed by atoms with Crippen LogP contribution in [0.5, 0.6) is 0 Å². The SMILES string of the molecule is CS(=O)(=O)c1cn[nH]c1C1CCN(Cc2ccc(F)cc2)C1. The van der Waals surface area contributed by atoms with Gasteiger partial charge in [-0.15, -0.1) is 0 Å². The van der Waals surface area contributed by atoms with Crippen molar-refractivity contribution in [2.24, 2.45) is 0 Å². The first-order chi connectivity index (χ1) is 10.4. The number of rotatable bonds is 4. The molecule has 0 amide bonds. The van der Waals surface area contributed by atoms with Gasteiger partial charge in [0.25, 0.3) is 0 Å². The van der Waals surface area contributed by atoms with E-state index in [2.05, 4.69) is 15.1 Å². The fourth-order valence-electron chi connectivity index (χ4n) is 2.93. The summed E-state index contributed by atoms with van der Waals surface area (Å²) in [4.78, 5) is 2.53. The highest BCUT2D eigenvalue weighted by atomic mass is 32.2. The van der Waals surface area contributed by atoms with Gasteiger partial charge in [0.2, 0.25) is 0 Å². The van der Waals surface area contributed by atoms with E-state index in [0.717, 1.165) is 31.6 Å². The van der Waals surface area contributed by atoms with E-state index in [4.69, 9.17) is 0 Å². The predicted molar refractivity (Wildman–Crippen MR) is 80.7 cm³/mol. The van der Waals surface area contributed by atoms with Crippen molar-refractivity contribution < 1.29 is 12.8 Å². The van der Waals surface area contributed by atoms with Crippen LogP contribution in [-0.4, -0.2) is 42.9 Å². The number of likely N-dealkylation sites (tertiary alicyclic amines) is 1. The molecule has 1 fully saturated rings.